The van der Waals surface area contributed by atoms with E-state index >= 15 is 0 Å². The van der Waals surface area contributed by atoms with E-state index in [1.165, 1.54) is 11.1 Å². The monoisotopic (exact) mass is 190 g/mol. The van der Waals surface area contributed by atoms with Gasteiger partial charge >= 0.3 is 0 Å². The number of rotatable bonds is 2. The van der Waals surface area contributed by atoms with E-state index in [9.17, 15) is 5.11 Å². The second-order valence-electron chi connectivity index (χ2n) is 4.11. The van der Waals surface area contributed by atoms with Crippen LogP contribution in [0.1, 0.15) is 38.8 Å². The van der Waals surface area contributed by atoms with Gasteiger partial charge in [0.15, 0.2) is 0 Å². The van der Waals surface area contributed by atoms with Crippen LogP contribution in [0.15, 0.2) is 30.3 Å². The lowest BCUT2D eigenvalue weighted by atomic mass is 9.95. The quantitative estimate of drug-likeness (QED) is 0.758. The first-order valence-electron chi connectivity index (χ1n) is 4.91. The molecule has 0 aliphatic heterocycles. The highest BCUT2D eigenvalue weighted by Gasteiger charge is 2.15. The summed E-state index contributed by atoms with van der Waals surface area (Å²) < 4.78 is 0. The number of aliphatic hydroxyl groups is 1. The summed E-state index contributed by atoms with van der Waals surface area (Å²) in [6.45, 7) is 7.70. The Morgan fingerprint density at radius 1 is 1.36 bits per heavy atom. The number of allylic oxidation sites excluding steroid dienone is 2. The Kier molecular flexibility index (Phi) is 3.12. The van der Waals surface area contributed by atoms with Crippen LogP contribution < -0.4 is 0 Å². The maximum atomic E-state index is 9.85. The predicted molar refractivity (Wildman–Crippen MR) is 61.0 cm³/mol. The van der Waals surface area contributed by atoms with E-state index in [4.69, 9.17) is 0 Å². The van der Waals surface area contributed by atoms with Crippen LogP contribution in [-0.2, 0) is 5.60 Å². The Labute approximate surface area is 86.1 Å². The van der Waals surface area contributed by atoms with Crippen LogP contribution in [0.3, 0.4) is 0 Å². The number of hydrogen-bond donors (Lipinski definition) is 1. The fraction of sp³-hybridized carbons (Fsp3) is 0.385. The molecular formula is C13H18O. The van der Waals surface area contributed by atoms with Crippen LogP contribution in [0.25, 0.3) is 5.57 Å². The van der Waals surface area contributed by atoms with Gasteiger partial charge in [-0.15, -0.1) is 0 Å². The molecule has 0 spiro atoms. The summed E-state index contributed by atoms with van der Waals surface area (Å²) >= 11 is 0. The van der Waals surface area contributed by atoms with Gasteiger partial charge in [-0.3, -0.25) is 0 Å². The zero-order valence-electron chi connectivity index (χ0n) is 9.33. The summed E-state index contributed by atoms with van der Waals surface area (Å²) in [6.07, 6.45) is 2.07. The highest BCUT2D eigenvalue weighted by Crippen LogP contribution is 2.23. The normalized spacial score (nSPS) is 13.1. The van der Waals surface area contributed by atoms with E-state index in [0.717, 1.165) is 5.56 Å². The molecule has 0 unspecified atom stereocenters. The van der Waals surface area contributed by atoms with Crippen molar-refractivity contribution < 1.29 is 5.11 Å². The van der Waals surface area contributed by atoms with Crippen LogP contribution >= 0.6 is 0 Å². The van der Waals surface area contributed by atoms with Crippen LogP contribution in [0, 0.1) is 0 Å². The van der Waals surface area contributed by atoms with Gasteiger partial charge in [0.2, 0.25) is 0 Å². The molecule has 0 saturated heterocycles. The molecule has 0 aliphatic carbocycles. The zero-order valence-corrected chi connectivity index (χ0v) is 9.33. The average Bonchev–Trinajstić information content (AvgIpc) is 2.15. The molecule has 0 amide bonds. The van der Waals surface area contributed by atoms with Crippen molar-refractivity contribution in [2.24, 2.45) is 0 Å². The molecular weight excluding hydrogens is 172 g/mol. The highest BCUT2D eigenvalue weighted by atomic mass is 16.3. The Balaban J connectivity index is 3.14. The lowest BCUT2D eigenvalue weighted by Gasteiger charge is -2.18. The number of hydrogen-bond acceptors (Lipinski definition) is 1. The smallest absolute Gasteiger partial charge is 0.0840 e. The van der Waals surface area contributed by atoms with Crippen LogP contribution in [0.2, 0.25) is 0 Å². The molecule has 1 N–H and O–H groups in total. The Morgan fingerprint density at radius 2 is 2.00 bits per heavy atom. The highest BCUT2D eigenvalue weighted by molar-refractivity contribution is 5.64. The maximum absolute atomic E-state index is 9.85. The Morgan fingerprint density at radius 3 is 2.50 bits per heavy atom. The van der Waals surface area contributed by atoms with Gasteiger partial charge in [0.1, 0.15) is 0 Å². The van der Waals surface area contributed by atoms with Crippen molar-refractivity contribution in [3.63, 3.8) is 0 Å². The Bertz CT molecular complexity index is 342. The molecule has 14 heavy (non-hydrogen) atoms. The molecule has 1 rings (SSSR count). The molecule has 1 aromatic carbocycles. The van der Waals surface area contributed by atoms with Crippen LogP contribution in [-0.4, -0.2) is 5.11 Å². The zero-order chi connectivity index (χ0) is 10.8. The van der Waals surface area contributed by atoms with E-state index < -0.39 is 5.60 Å². The summed E-state index contributed by atoms with van der Waals surface area (Å²) in [6, 6.07) is 8.03. The van der Waals surface area contributed by atoms with E-state index in [0.29, 0.717) is 0 Å². The molecule has 0 aromatic heterocycles. The fourth-order valence-electron chi connectivity index (χ4n) is 1.31. The van der Waals surface area contributed by atoms with Crippen LogP contribution in [0.5, 0.6) is 0 Å². The van der Waals surface area contributed by atoms with Crippen molar-refractivity contribution in [2.45, 2.75) is 33.3 Å². The van der Waals surface area contributed by atoms with Crippen molar-refractivity contribution in [3.05, 3.63) is 41.5 Å². The van der Waals surface area contributed by atoms with Crippen molar-refractivity contribution in [2.75, 3.05) is 0 Å². The van der Waals surface area contributed by atoms with Gasteiger partial charge in [-0.25, -0.2) is 0 Å². The standard InChI is InChI=1S/C13H18O/c1-5-10(2)11-7-6-8-12(9-11)13(3,4)14/h5-9,14H,1-4H3. The van der Waals surface area contributed by atoms with Crippen molar-refractivity contribution >= 4 is 5.57 Å². The third-order valence-corrected chi connectivity index (χ3v) is 2.46. The second kappa shape index (κ2) is 3.97. The third-order valence-electron chi connectivity index (χ3n) is 2.46. The molecule has 0 bridgehead atoms. The van der Waals surface area contributed by atoms with Crippen molar-refractivity contribution in [1.82, 2.24) is 0 Å². The minimum atomic E-state index is -0.760. The van der Waals surface area contributed by atoms with E-state index in [1.807, 2.05) is 25.1 Å². The maximum Gasteiger partial charge on any atom is 0.0840 e. The molecule has 0 heterocycles. The summed E-state index contributed by atoms with van der Waals surface area (Å²) in [5.41, 5.74) is 2.60. The summed E-state index contributed by atoms with van der Waals surface area (Å²) in [4.78, 5) is 0. The minimum absolute atomic E-state index is 0.760. The summed E-state index contributed by atoms with van der Waals surface area (Å²) in [5.74, 6) is 0. The first kappa shape index (κ1) is 11.0. The van der Waals surface area contributed by atoms with Gasteiger partial charge in [0, 0.05) is 0 Å². The van der Waals surface area contributed by atoms with Gasteiger partial charge in [-0.05, 0) is 50.5 Å². The van der Waals surface area contributed by atoms with Crippen LogP contribution in [0.4, 0.5) is 0 Å². The summed E-state index contributed by atoms with van der Waals surface area (Å²) in [7, 11) is 0. The average molecular weight is 190 g/mol. The van der Waals surface area contributed by atoms with Gasteiger partial charge in [0.25, 0.3) is 0 Å². The topological polar surface area (TPSA) is 20.2 Å². The van der Waals surface area contributed by atoms with Gasteiger partial charge in [0.05, 0.1) is 5.60 Å². The number of benzene rings is 1. The lowest BCUT2D eigenvalue weighted by Crippen LogP contribution is -2.15. The van der Waals surface area contributed by atoms with E-state index in [1.54, 1.807) is 13.8 Å². The predicted octanol–water partition coefficient (Wildman–Crippen LogP) is 3.34. The van der Waals surface area contributed by atoms with Gasteiger partial charge < -0.3 is 5.11 Å². The Hall–Kier alpha value is -1.08. The molecule has 0 radical (unpaired) electrons. The second-order valence-corrected chi connectivity index (χ2v) is 4.11. The molecule has 0 atom stereocenters. The van der Waals surface area contributed by atoms with E-state index in [2.05, 4.69) is 19.1 Å². The molecule has 1 aromatic rings. The largest absolute Gasteiger partial charge is 0.386 e. The first-order chi connectivity index (χ1) is 6.45. The minimum Gasteiger partial charge on any atom is -0.386 e. The molecule has 1 heteroatoms. The molecule has 76 valence electrons. The van der Waals surface area contributed by atoms with E-state index in [-0.39, 0.29) is 0 Å². The summed E-state index contributed by atoms with van der Waals surface area (Å²) in [5, 5.41) is 9.85. The SMILES string of the molecule is CC=C(C)c1cccc(C(C)(C)O)c1. The molecule has 0 aliphatic rings. The third kappa shape index (κ3) is 2.46. The molecule has 0 fully saturated rings. The van der Waals surface area contributed by atoms with Crippen molar-refractivity contribution in [3.8, 4) is 0 Å². The van der Waals surface area contributed by atoms with Gasteiger partial charge in [-0.1, -0.05) is 24.3 Å². The van der Waals surface area contributed by atoms with Crippen molar-refractivity contribution in [1.29, 1.82) is 0 Å². The fourth-order valence-corrected chi connectivity index (χ4v) is 1.31. The van der Waals surface area contributed by atoms with Gasteiger partial charge in [-0.2, -0.15) is 0 Å². The molecule has 0 saturated carbocycles. The first-order valence-corrected chi connectivity index (χ1v) is 4.91. The molecule has 1 nitrogen and oxygen atoms in total. The lowest BCUT2D eigenvalue weighted by molar-refractivity contribution is 0.0786.